The van der Waals surface area contributed by atoms with Gasteiger partial charge in [-0.3, -0.25) is 0 Å². The number of carboxylic acid groups (broad SMARTS) is 1. The van der Waals surface area contributed by atoms with Crippen molar-refractivity contribution in [3.63, 3.8) is 0 Å². The molecule has 0 fully saturated rings. The fourth-order valence-corrected chi connectivity index (χ4v) is 4.17. The molecule has 0 unspecified atom stereocenters. The molecule has 1 aliphatic rings. The molecule has 2 heterocycles. The molecule has 2 aromatic rings. The predicted molar refractivity (Wildman–Crippen MR) is 84.1 cm³/mol. The van der Waals surface area contributed by atoms with E-state index in [-0.39, 0.29) is 5.92 Å². The zero-order valence-corrected chi connectivity index (χ0v) is 13.3. The van der Waals surface area contributed by atoms with E-state index in [4.69, 9.17) is 0 Å². The van der Waals surface area contributed by atoms with Gasteiger partial charge in [-0.2, -0.15) is 0 Å². The smallest absolute Gasteiger partial charge is 0.326 e. The molecule has 5 nitrogen and oxygen atoms in total. The van der Waals surface area contributed by atoms with Crippen molar-refractivity contribution < 1.29 is 9.90 Å². The van der Waals surface area contributed by atoms with Gasteiger partial charge in [0.2, 0.25) is 0 Å². The highest BCUT2D eigenvalue weighted by Crippen LogP contribution is 2.39. The van der Waals surface area contributed by atoms with Crippen LogP contribution in [-0.4, -0.2) is 27.1 Å². The van der Waals surface area contributed by atoms with Gasteiger partial charge in [-0.1, -0.05) is 13.8 Å². The molecule has 0 amide bonds. The quantitative estimate of drug-likeness (QED) is 0.908. The van der Waals surface area contributed by atoms with Crippen LogP contribution in [-0.2, 0) is 17.6 Å². The summed E-state index contributed by atoms with van der Waals surface area (Å²) >= 11 is 1.72. The number of nitrogens with zero attached hydrogens (tertiary/aromatic N) is 2. The summed E-state index contributed by atoms with van der Waals surface area (Å²) in [5.41, 5.74) is 1.31. The van der Waals surface area contributed by atoms with Crippen molar-refractivity contribution >= 4 is 33.3 Å². The Morgan fingerprint density at radius 3 is 2.76 bits per heavy atom. The summed E-state index contributed by atoms with van der Waals surface area (Å²) in [7, 11) is 0. The van der Waals surface area contributed by atoms with E-state index in [2.05, 4.69) is 15.3 Å². The highest BCUT2D eigenvalue weighted by atomic mass is 32.1. The largest absolute Gasteiger partial charge is 0.480 e. The van der Waals surface area contributed by atoms with Gasteiger partial charge in [-0.25, -0.2) is 14.8 Å². The second kappa shape index (κ2) is 5.26. The second-order valence-electron chi connectivity index (χ2n) is 5.86. The lowest BCUT2D eigenvalue weighted by Gasteiger charge is -2.19. The lowest BCUT2D eigenvalue weighted by molar-refractivity contribution is -0.138. The van der Waals surface area contributed by atoms with Gasteiger partial charge in [-0.15, -0.1) is 11.3 Å². The third kappa shape index (κ3) is 2.48. The Hall–Kier alpha value is -1.69. The van der Waals surface area contributed by atoms with E-state index < -0.39 is 12.0 Å². The first-order valence-corrected chi connectivity index (χ1v) is 8.07. The van der Waals surface area contributed by atoms with Crippen LogP contribution in [0, 0.1) is 12.8 Å². The van der Waals surface area contributed by atoms with Gasteiger partial charge in [-0.05, 0) is 37.7 Å². The number of aliphatic carboxylic acids is 1. The predicted octanol–water partition coefficient (Wildman–Crippen LogP) is 3.01. The van der Waals surface area contributed by atoms with E-state index in [0.29, 0.717) is 11.6 Å². The molecule has 6 heteroatoms. The molecule has 0 aliphatic heterocycles. The van der Waals surface area contributed by atoms with Crippen LogP contribution < -0.4 is 5.32 Å². The highest BCUT2D eigenvalue weighted by molar-refractivity contribution is 7.19. The van der Waals surface area contributed by atoms with Crippen molar-refractivity contribution in [2.75, 3.05) is 5.32 Å². The van der Waals surface area contributed by atoms with Crippen LogP contribution in [0.5, 0.6) is 0 Å². The topological polar surface area (TPSA) is 75.1 Å². The minimum Gasteiger partial charge on any atom is -0.480 e. The SMILES string of the molecule is Cc1nc(N[C@H](C(=O)O)C(C)C)c2c3c(sc2n1)CCC3. The van der Waals surface area contributed by atoms with Gasteiger partial charge in [0.15, 0.2) is 0 Å². The number of aromatic nitrogens is 2. The van der Waals surface area contributed by atoms with Crippen LogP contribution in [0.15, 0.2) is 0 Å². The Morgan fingerprint density at radius 1 is 1.33 bits per heavy atom. The van der Waals surface area contributed by atoms with Crippen molar-refractivity contribution in [1.29, 1.82) is 0 Å². The summed E-state index contributed by atoms with van der Waals surface area (Å²) in [6.07, 6.45) is 3.30. The van der Waals surface area contributed by atoms with E-state index in [9.17, 15) is 9.90 Å². The van der Waals surface area contributed by atoms with Crippen LogP contribution in [0.1, 0.15) is 36.5 Å². The summed E-state index contributed by atoms with van der Waals surface area (Å²) in [5, 5.41) is 13.6. The Balaban J connectivity index is 2.11. The normalized spacial score (nSPS) is 15.4. The Kier molecular flexibility index (Phi) is 3.57. The molecule has 0 saturated heterocycles. The lowest BCUT2D eigenvalue weighted by atomic mass is 10.0. The van der Waals surface area contributed by atoms with Crippen molar-refractivity contribution in [1.82, 2.24) is 9.97 Å². The fourth-order valence-electron chi connectivity index (χ4n) is 2.87. The Bertz CT molecular complexity index is 708. The van der Waals surface area contributed by atoms with E-state index in [1.807, 2.05) is 20.8 Å². The minimum absolute atomic E-state index is 0.0143. The number of rotatable bonds is 4. The van der Waals surface area contributed by atoms with E-state index in [0.717, 1.165) is 29.5 Å². The third-order valence-electron chi connectivity index (χ3n) is 3.90. The van der Waals surface area contributed by atoms with Gasteiger partial charge in [0, 0.05) is 4.88 Å². The summed E-state index contributed by atoms with van der Waals surface area (Å²) in [5.74, 6) is 0.497. The molecular weight excluding hydrogens is 286 g/mol. The molecule has 0 bridgehead atoms. The first kappa shape index (κ1) is 14.3. The average molecular weight is 305 g/mol. The van der Waals surface area contributed by atoms with Gasteiger partial charge < -0.3 is 10.4 Å². The molecule has 1 aliphatic carbocycles. The number of anilines is 1. The monoisotopic (exact) mass is 305 g/mol. The molecule has 1 atom stereocenters. The molecular formula is C15H19N3O2S. The van der Waals surface area contributed by atoms with Crippen molar-refractivity contribution in [2.45, 2.75) is 46.1 Å². The second-order valence-corrected chi connectivity index (χ2v) is 6.94. The number of thiophene rings is 1. The van der Waals surface area contributed by atoms with Gasteiger partial charge >= 0.3 is 5.97 Å². The Morgan fingerprint density at radius 2 is 2.10 bits per heavy atom. The molecule has 2 aromatic heterocycles. The van der Waals surface area contributed by atoms with Crippen molar-refractivity contribution in [2.24, 2.45) is 5.92 Å². The van der Waals surface area contributed by atoms with E-state index in [1.54, 1.807) is 11.3 Å². The molecule has 2 N–H and O–H groups in total. The number of hydrogen-bond acceptors (Lipinski definition) is 5. The zero-order valence-electron chi connectivity index (χ0n) is 12.4. The van der Waals surface area contributed by atoms with Crippen LogP contribution >= 0.6 is 11.3 Å². The van der Waals surface area contributed by atoms with Crippen LogP contribution in [0.3, 0.4) is 0 Å². The fraction of sp³-hybridized carbons (Fsp3) is 0.533. The maximum absolute atomic E-state index is 11.4. The van der Waals surface area contributed by atoms with Crippen LogP contribution in [0.4, 0.5) is 5.82 Å². The zero-order chi connectivity index (χ0) is 15.1. The van der Waals surface area contributed by atoms with Gasteiger partial charge in [0.1, 0.15) is 22.5 Å². The van der Waals surface area contributed by atoms with E-state index in [1.165, 1.54) is 10.4 Å². The lowest BCUT2D eigenvalue weighted by Crippen LogP contribution is -2.34. The molecule has 0 spiro atoms. The molecule has 0 aromatic carbocycles. The molecule has 112 valence electrons. The standard InChI is InChI=1S/C15H19N3O2S/c1-7(2)12(15(19)20)18-13-11-9-5-4-6-10(9)21-14(11)17-8(3)16-13/h7,12H,4-6H2,1-3H3,(H,19,20)(H,16,17,18)/t12-/m0/s1. The van der Waals surface area contributed by atoms with Gasteiger partial charge in [0.25, 0.3) is 0 Å². The first-order valence-electron chi connectivity index (χ1n) is 7.25. The molecule has 0 saturated carbocycles. The number of carboxylic acids is 1. The molecule has 0 radical (unpaired) electrons. The summed E-state index contributed by atoms with van der Waals surface area (Å²) in [6, 6.07) is -0.639. The third-order valence-corrected chi connectivity index (χ3v) is 5.09. The first-order chi connectivity index (χ1) is 9.97. The highest BCUT2D eigenvalue weighted by Gasteiger charge is 2.26. The minimum atomic E-state index is -0.846. The maximum atomic E-state index is 11.4. The molecule has 3 rings (SSSR count). The van der Waals surface area contributed by atoms with Crippen LogP contribution in [0.25, 0.3) is 10.2 Å². The number of carbonyl (C=O) groups is 1. The Labute approximate surface area is 127 Å². The van der Waals surface area contributed by atoms with E-state index >= 15 is 0 Å². The summed E-state index contributed by atoms with van der Waals surface area (Å²) in [6.45, 7) is 5.64. The number of hydrogen-bond donors (Lipinski definition) is 2. The maximum Gasteiger partial charge on any atom is 0.326 e. The summed E-state index contributed by atoms with van der Waals surface area (Å²) in [4.78, 5) is 22.8. The molecule has 21 heavy (non-hydrogen) atoms. The number of nitrogens with one attached hydrogen (secondary N) is 1. The number of aryl methyl sites for hydroxylation is 3. The van der Waals surface area contributed by atoms with Crippen molar-refractivity contribution in [3.05, 3.63) is 16.3 Å². The van der Waals surface area contributed by atoms with Crippen molar-refractivity contribution in [3.8, 4) is 0 Å². The summed E-state index contributed by atoms with van der Waals surface area (Å²) < 4.78 is 0. The van der Waals surface area contributed by atoms with Crippen LogP contribution in [0.2, 0.25) is 0 Å². The van der Waals surface area contributed by atoms with Gasteiger partial charge in [0.05, 0.1) is 5.39 Å². The average Bonchev–Trinajstić information content (AvgIpc) is 2.94. The number of fused-ring (bicyclic) bond motifs is 3.